The number of likely N-dealkylation sites (tertiary alicyclic amines) is 1. The molecule has 1 atom stereocenters. The van der Waals surface area contributed by atoms with Crippen LogP contribution in [0.5, 0.6) is 5.75 Å². The molecule has 25 heavy (non-hydrogen) atoms. The Bertz CT molecular complexity index is 667. The lowest BCUT2D eigenvalue weighted by Crippen LogP contribution is -2.37. The van der Waals surface area contributed by atoms with Gasteiger partial charge in [0, 0.05) is 29.9 Å². The lowest BCUT2D eigenvalue weighted by molar-refractivity contribution is -0.129. The minimum atomic E-state index is -0.839. The molecule has 0 saturated carbocycles. The van der Waals surface area contributed by atoms with Gasteiger partial charge in [-0.1, -0.05) is 0 Å². The molecular formula is C16H23N5O3S. The van der Waals surface area contributed by atoms with E-state index in [-0.39, 0.29) is 30.1 Å². The highest BCUT2D eigenvalue weighted by Crippen LogP contribution is 2.24. The highest BCUT2D eigenvalue weighted by Gasteiger charge is 2.25. The molecule has 9 heteroatoms. The molecule has 1 aromatic rings. The fourth-order valence-electron chi connectivity index (χ4n) is 2.79. The molecule has 6 N–H and O–H groups in total. The van der Waals surface area contributed by atoms with E-state index in [1.165, 1.54) is 0 Å². The highest BCUT2D eigenvalue weighted by molar-refractivity contribution is 7.96. The summed E-state index contributed by atoms with van der Waals surface area (Å²) in [4.78, 5) is 25.5. The Balaban J connectivity index is 2.15. The summed E-state index contributed by atoms with van der Waals surface area (Å²) in [5.41, 5.74) is 5.65. The Kier molecular flexibility index (Phi) is 6.65. The van der Waals surface area contributed by atoms with E-state index in [1.807, 2.05) is 11.8 Å². The first kappa shape index (κ1) is 19.1. The molecule has 1 fully saturated rings. The summed E-state index contributed by atoms with van der Waals surface area (Å²) in [6.45, 7) is 2.85. The van der Waals surface area contributed by atoms with Gasteiger partial charge in [0.15, 0.2) is 0 Å². The number of nitrogens with two attached hydrogens (primary N) is 2. The van der Waals surface area contributed by atoms with Gasteiger partial charge in [0.05, 0.1) is 6.54 Å². The number of nitrogens with one attached hydrogen (secondary N) is 2. The second-order valence-electron chi connectivity index (χ2n) is 5.81. The molecule has 0 aliphatic carbocycles. The van der Waals surface area contributed by atoms with Gasteiger partial charge in [-0.05, 0) is 43.8 Å². The van der Waals surface area contributed by atoms with E-state index < -0.39 is 5.91 Å². The van der Waals surface area contributed by atoms with Gasteiger partial charge in [-0.3, -0.25) is 20.1 Å². The zero-order chi connectivity index (χ0) is 18.4. The predicted molar refractivity (Wildman–Crippen MR) is 98.6 cm³/mol. The predicted octanol–water partition coefficient (Wildman–Crippen LogP) is 0.906. The van der Waals surface area contributed by atoms with E-state index in [4.69, 9.17) is 21.0 Å². The van der Waals surface area contributed by atoms with Gasteiger partial charge in [0.2, 0.25) is 5.91 Å². The molecule has 1 saturated heterocycles. The van der Waals surface area contributed by atoms with Gasteiger partial charge in [-0.2, -0.15) is 0 Å². The highest BCUT2D eigenvalue weighted by atomic mass is 32.2. The summed E-state index contributed by atoms with van der Waals surface area (Å²) in [7, 11) is 0. The maximum Gasteiger partial charge on any atom is 0.267 e. The van der Waals surface area contributed by atoms with Crippen molar-refractivity contribution in [2.24, 2.45) is 10.9 Å². The monoisotopic (exact) mass is 365 g/mol. The van der Waals surface area contributed by atoms with Crippen LogP contribution in [0, 0.1) is 5.41 Å². The van der Waals surface area contributed by atoms with Crippen molar-refractivity contribution in [2.75, 3.05) is 24.3 Å². The summed E-state index contributed by atoms with van der Waals surface area (Å²) in [6, 6.07) is 5.05. The lowest BCUT2D eigenvalue weighted by Gasteiger charge is -2.22. The zero-order valence-electron chi connectivity index (χ0n) is 14.1. The Morgan fingerprint density at radius 1 is 1.48 bits per heavy atom. The quantitative estimate of drug-likeness (QED) is 0.307. The molecule has 1 heterocycles. The van der Waals surface area contributed by atoms with E-state index in [0.717, 1.165) is 31.3 Å². The van der Waals surface area contributed by atoms with Gasteiger partial charge < -0.3 is 20.7 Å². The van der Waals surface area contributed by atoms with Gasteiger partial charge in [-0.15, -0.1) is 0 Å². The Morgan fingerprint density at radius 3 is 2.84 bits per heavy atom. The maximum absolute atomic E-state index is 12.4. The van der Waals surface area contributed by atoms with Crippen LogP contribution in [-0.4, -0.2) is 47.5 Å². The summed E-state index contributed by atoms with van der Waals surface area (Å²) in [5, 5.41) is 16.2. The first-order valence-electron chi connectivity index (χ1n) is 7.94. The first-order valence-corrected chi connectivity index (χ1v) is 8.99. The van der Waals surface area contributed by atoms with Crippen LogP contribution in [0.2, 0.25) is 0 Å². The Hall–Kier alpha value is -2.26. The van der Waals surface area contributed by atoms with Crippen molar-refractivity contribution in [1.29, 1.82) is 5.41 Å². The third-order valence-corrected chi connectivity index (χ3v) is 4.36. The topological polar surface area (TPSA) is 135 Å². The van der Waals surface area contributed by atoms with Crippen molar-refractivity contribution < 1.29 is 14.3 Å². The number of rotatable bonds is 8. The van der Waals surface area contributed by atoms with Crippen molar-refractivity contribution in [1.82, 2.24) is 4.90 Å². The minimum Gasteiger partial charge on any atom is -0.482 e. The Morgan fingerprint density at radius 2 is 2.24 bits per heavy atom. The van der Waals surface area contributed by atoms with Crippen LogP contribution in [0.4, 0.5) is 5.69 Å². The van der Waals surface area contributed by atoms with Crippen LogP contribution < -0.4 is 20.9 Å². The van der Waals surface area contributed by atoms with Crippen LogP contribution in [0.3, 0.4) is 0 Å². The number of carbonyl (C=O) groups is 2. The molecule has 1 unspecified atom stereocenters. The molecular weight excluding hydrogens is 342 g/mol. The van der Waals surface area contributed by atoms with Gasteiger partial charge in [-0.25, -0.2) is 0 Å². The Labute approximate surface area is 150 Å². The van der Waals surface area contributed by atoms with Crippen molar-refractivity contribution in [3.05, 3.63) is 23.8 Å². The zero-order valence-corrected chi connectivity index (χ0v) is 14.9. The van der Waals surface area contributed by atoms with E-state index in [1.54, 1.807) is 18.2 Å². The van der Waals surface area contributed by atoms with Gasteiger partial charge in [0.25, 0.3) is 5.91 Å². The molecule has 2 rings (SSSR count). The van der Waals surface area contributed by atoms with Gasteiger partial charge in [0.1, 0.15) is 17.4 Å². The van der Waals surface area contributed by atoms with Crippen molar-refractivity contribution in [3.8, 4) is 5.75 Å². The first-order chi connectivity index (χ1) is 11.9. The van der Waals surface area contributed by atoms with Crippen LogP contribution in [0.25, 0.3) is 0 Å². The molecule has 136 valence electrons. The smallest absolute Gasteiger partial charge is 0.267 e. The summed E-state index contributed by atoms with van der Waals surface area (Å²) in [5.74, 6) is -0.0846. The number of carbonyl (C=O) groups excluding carboxylic acids is 2. The molecule has 2 amide bonds. The number of nitrogens with zero attached hydrogens (tertiary/aromatic N) is 1. The average Bonchev–Trinajstić information content (AvgIpc) is 3.03. The lowest BCUT2D eigenvalue weighted by atomic mass is 10.1. The van der Waals surface area contributed by atoms with Gasteiger partial charge >= 0.3 is 0 Å². The molecule has 1 aliphatic heterocycles. The molecule has 0 bridgehead atoms. The van der Waals surface area contributed by atoms with E-state index in [0.29, 0.717) is 17.0 Å². The van der Waals surface area contributed by atoms with E-state index in [2.05, 4.69) is 5.32 Å². The largest absolute Gasteiger partial charge is 0.482 e. The van der Waals surface area contributed by atoms with E-state index in [9.17, 15) is 9.59 Å². The third kappa shape index (κ3) is 4.86. The fraction of sp³-hybridized carbons (Fsp3) is 0.438. The molecule has 0 aromatic heterocycles. The average molecular weight is 365 g/mol. The van der Waals surface area contributed by atoms with Crippen LogP contribution >= 0.6 is 11.9 Å². The number of anilines is 1. The molecule has 0 spiro atoms. The summed E-state index contributed by atoms with van der Waals surface area (Å²) in [6.07, 6.45) is 2.01. The van der Waals surface area contributed by atoms with Crippen LogP contribution in [0.1, 0.15) is 25.3 Å². The number of hydrogen-bond donors (Lipinski definition) is 4. The van der Waals surface area contributed by atoms with Crippen LogP contribution in [-0.2, 0) is 9.59 Å². The second-order valence-corrected chi connectivity index (χ2v) is 6.38. The second kappa shape index (κ2) is 8.72. The summed E-state index contributed by atoms with van der Waals surface area (Å²) >= 11 is 1.03. The standard InChI is InChI=1S/C16H23N5O3S/c1-10-3-2-6-21(10)14(22)8-20-13-7-11(24-9-25-19)4-5-12(13)15(17)16(18)23/h4-5,7,10,17,20H,2-3,6,8-9,19H2,1H3,(H2,18,23). The normalized spacial score (nSPS) is 16.6. The SMILES string of the molecule is CC1CCCN1C(=O)CNc1cc(OCSN)ccc1C(=N)C(N)=O. The van der Waals surface area contributed by atoms with Crippen molar-refractivity contribution >= 4 is 35.2 Å². The third-order valence-electron chi connectivity index (χ3n) is 4.10. The number of ether oxygens (including phenoxy) is 1. The molecule has 1 aliphatic rings. The number of amides is 2. The summed E-state index contributed by atoms with van der Waals surface area (Å²) < 4.78 is 5.43. The van der Waals surface area contributed by atoms with Crippen molar-refractivity contribution in [3.63, 3.8) is 0 Å². The fourth-order valence-corrected chi connectivity index (χ4v) is 2.99. The maximum atomic E-state index is 12.4. The minimum absolute atomic E-state index is 0.0228. The van der Waals surface area contributed by atoms with Crippen LogP contribution in [0.15, 0.2) is 18.2 Å². The molecule has 1 aromatic carbocycles. The van der Waals surface area contributed by atoms with Crippen molar-refractivity contribution in [2.45, 2.75) is 25.8 Å². The number of benzene rings is 1. The molecule has 0 radical (unpaired) electrons. The number of hydrogen-bond acceptors (Lipinski definition) is 7. The molecule has 8 nitrogen and oxygen atoms in total. The number of primary amides is 1. The van der Waals surface area contributed by atoms with E-state index >= 15 is 0 Å².